The number of aromatic nitrogens is 1. The molecule has 0 spiro atoms. The summed E-state index contributed by atoms with van der Waals surface area (Å²) in [6, 6.07) is 0.606. The van der Waals surface area contributed by atoms with Gasteiger partial charge in [0.15, 0.2) is 0 Å². The minimum Gasteiger partial charge on any atom is -0.853 e. The van der Waals surface area contributed by atoms with E-state index in [2.05, 4.69) is 20.9 Å². The van der Waals surface area contributed by atoms with E-state index < -0.39 is 91.9 Å². The second-order valence-corrected chi connectivity index (χ2v) is 13.6. The summed E-state index contributed by atoms with van der Waals surface area (Å²) >= 11 is 0. The Morgan fingerprint density at radius 2 is 1.00 bits per heavy atom. The van der Waals surface area contributed by atoms with Crippen molar-refractivity contribution in [1.29, 1.82) is 0 Å². The molecule has 2 bridgehead atoms. The maximum atomic E-state index is 12.6. The van der Waals surface area contributed by atoms with Crippen LogP contribution in [0.1, 0.15) is 49.9 Å². The Balaban J connectivity index is 0.0000168. The van der Waals surface area contributed by atoms with Crippen molar-refractivity contribution >= 4 is 35.6 Å². The van der Waals surface area contributed by atoms with Crippen molar-refractivity contribution in [3.8, 4) is 0 Å². The normalized spacial score (nSPS) is 17.4. The van der Waals surface area contributed by atoms with E-state index in [-0.39, 0.29) is 137 Å². The number of hydrogen-bond donors (Lipinski definition) is 9. The molecule has 2 rings (SSSR count). The standard InChI is InChI=1S/C35H56N7O15.Gd/c43-19-24(46)14-36-30(49)7-4-27(33(52)53)40-10-12-41(28(34(54)55)5-8-31(50)37-15-25(47)20-44)17-22-2-1-3-23(39-22)18-42(13-11-40)29(35(56)57)6-9-32(51)38-16-26(48)21-45;/h1-3,24-29,43-44,46-48H,4-21H2,(H,36,49)(H,37,50)(H,38,51)(H,52,53)(H,54,55)(H,56,57);/q-1;+3/p-2. The molecule has 0 aromatic carbocycles. The summed E-state index contributed by atoms with van der Waals surface area (Å²) in [5.74, 6) is -6.34. The van der Waals surface area contributed by atoms with Crippen molar-refractivity contribution in [2.24, 2.45) is 0 Å². The van der Waals surface area contributed by atoms with Crippen LogP contribution in [0.2, 0.25) is 0 Å². The maximum Gasteiger partial charge on any atom is 3.00 e. The van der Waals surface area contributed by atoms with E-state index in [1.54, 1.807) is 18.2 Å². The molecule has 2 heterocycles. The maximum absolute atomic E-state index is 12.6. The van der Waals surface area contributed by atoms with E-state index in [0.29, 0.717) is 11.4 Å². The first-order chi connectivity index (χ1) is 27.1. The van der Waals surface area contributed by atoms with Gasteiger partial charge in [0.25, 0.3) is 0 Å². The second kappa shape index (κ2) is 28.4. The summed E-state index contributed by atoms with van der Waals surface area (Å²) in [6.07, 6.45) is -5.64. The van der Waals surface area contributed by atoms with Gasteiger partial charge >= 0.3 is 45.9 Å². The van der Waals surface area contributed by atoms with Gasteiger partial charge in [-0.15, -0.1) is 6.61 Å². The number of carboxylic acid groups (broad SMARTS) is 3. The first-order valence-electron chi connectivity index (χ1n) is 18.5. The van der Waals surface area contributed by atoms with Crippen LogP contribution in [0, 0.1) is 39.9 Å². The molecule has 327 valence electrons. The number of rotatable bonds is 24. The molecule has 1 aromatic rings. The summed E-state index contributed by atoms with van der Waals surface area (Å²) in [6.45, 7) is -3.89. The quantitative estimate of drug-likeness (QED) is 0.0465. The smallest absolute Gasteiger partial charge is 0.853 e. The van der Waals surface area contributed by atoms with Gasteiger partial charge in [0.1, 0.15) is 6.04 Å². The van der Waals surface area contributed by atoms with Crippen LogP contribution in [0.15, 0.2) is 18.2 Å². The molecule has 0 fully saturated rings. The van der Waals surface area contributed by atoms with Crippen molar-refractivity contribution in [1.82, 2.24) is 35.6 Å². The first-order valence-corrected chi connectivity index (χ1v) is 18.5. The van der Waals surface area contributed by atoms with Gasteiger partial charge in [0.05, 0.1) is 60.9 Å². The van der Waals surface area contributed by atoms with Crippen LogP contribution in [0.4, 0.5) is 0 Å². The number of fused-ring (bicyclic) bond motifs is 2. The molecule has 0 aliphatic carbocycles. The van der Waals surface area contributed by atoms with Gasteiger partial charge in [-0.1, -0.05) is 6.07 Å². The molecule has 9 N–H and O–H groups in total. The van der Waals surface area contributed by atoms with Crippen molar-refractivity contribution in [3.05, 3.63) is 29.6 Å². The van der Waals surface area contributed by atoms with Gasteiger partial charge in [0.2, 0.25) is 17.7 Å². The molecule has 0 saturated heterocycles. The summed E-state index contributed by atoms with van der Waals surface area (Å²) in [5, 5.41) is 100. The van der Waals surface area contributed by atoms with Gasteiger partial charge in [-0.2, -0.15) is 0 Å². The molecule has 1 aliphatic heterocycles. The van der Waals surface area contributed by atoms with E-state index in [1.807, 2.05) is 0 Å². The van der Waals surface area contributed by atoms with Crippen LogP contribution in [-0.4, -0.2) is 188 Å². The topological polar surface area (TPSA) is 352 Å². The number of aliphatic hydroxyl groups is 5. The number of carbonyl (C=O) groups excluding carboxylic acids is 5. The number of nitrogens with one attached hydrogen (secondary N) is 3. The number of aliphatic carboxylic acids is 3. The van der Waals surface area contributed by atoms with Gasteiger partial charge < -0.3 is 71.5 Å². The van der Waals surface area contributed by atoms with E-state index >= 15 is 0 Å². The van der Waals surface area contributed by atoms with E-state index in [9.17, 15) is 64.5 Å². The van der Waals surface area contributed by atoms with E-state index in [0.717, 1.165) is 0 Å². The summed E-state index contributed by atoms with van der Waals surface area (Å²) in [7, 11) is 0. The second-order valence-electron chi connectivity index (χ2n) is 13.6. The molecule has 0 saturated carbocycles. The zero-order valence-electron chi connectivity index (χ0n) is 31.9. The fourth-order valence-corrected chi connectivity index (χ4v) is 6.06. The summed E-state index contributed by atoms with van der Waals surface area (Å²) in [5.41, 5.74) is 0.682. The van der Waals surface area contributed by atoms with Gasteiger partial charge in [0, 0.05) is 84.2 Å². The molecular weight excluding hydrogens is 916 g/mol. The molecule has 1 aliphatic rings. The van der Waals surface area contributed by atoms with Crippen LogP contribution in [0.25, 0.3) is 0 Å². The van der Waals surface area contributed by atoms with Crippen molar-refractivity contribution in [3.63, 3.8) is 0 Å². The molecule has 1 radical (unpaired) electrons. The molecule has 58 heavy (non-hydrogen) atoms. The van der Waals surface area contributed by atoms with Crippen molar-refractivity contribution in [2.75, 3.05) is 65.6 Å². The Labute approximate surface area is 367 Å². The molecule has 3 amide bonds. The zero-order valence-corrected chi connectivity index (χ0v) is 34.2. The van der Waals surface area contributed by atoms with Crippen LogP contribution in [0.5, 0.6) is 0 Å². The SMILES string of the molecule is O=C(CCC(C(=O)O)N1CCN(C(CCC(=O)NCC(O)CO)C(=O)[O-])CCN(C(CCC(=O)NCC(O)CO)C(=O)[O-])Cc2cccc(n2)C1)NCC(O)C[O-].[Gd+3]. The Bertz CT molecular complexity index is 1390. The summed E-state index contributed by atoms with van der Waals surface area (Å²) < 4.78 is 0. The third kappa shape index (κ3) is 19.8. The number of aliphatic hydroxyl groups excluding tert-OH is 5. The predicted molar refractivity (Wildman–Crippen MR) is 189 cm³/mol. The monoisotopic (exact) mass is 970 g/mol. The van der Waals surface area contributed by atoms with E-state index in [1.165, 1.54) is 14.7 Å². The minimum absolute atomic E-state index is 0. The summed E-state index contributed by atoms with van der Waals surface area (Å²) in [4.78, 5) is 84.2. The molecule has 22 nitrogen and oxygen atoms in total. The number of carboxylic acids is 3. The van der Waals surface area contributed by atoms with Crippen molar-refractivity contribution in [2.45, 2.75) is 88.1 Å². The number of pyridine rings is 1. The molecule has 6 unspecified atom stereocenters. The van der Waals surface area contributed by atoms with Gasteiger partial charge in [-0.3, -0.25) is 38.9 Å². The van der Waals surface area contributed by atoms with Crippen LogP contribution in [0.3, 0.4) is 0 Å². The largest absolute Gasteiger partial charge is 3.00 e. The number of amides is 3. The Morgan fingerprint density at radius 1 is 0.638 bits per heavy atom. The fourth-order valence-electron chi connectivity index (χ4n) is 6.06. The molecule has 6 atom stereocenters. The Morgan fingerprint density at radius 3 is 1.38 bits per heavy atom. The third-order valence-electron chi connectivity index (χ3n) is 9.25. The van der Waals surface area contributed by atoms with Crippen LogP contribution >= 0.6 is 0 Å². The first kappa shape index (κ1) is 53.0. The van der Waals surface area contributed by atoms with Gasteiger partial charge in [-0.25, -0.2) is 0 Å². The van der Waals surface area contributed by atoms with E-state index in [4.69, 9.17) is 10.2 Å². The number of carbonyl (C=O) groups is 6. The molecule has 23 heteroatoms. The Kier molecular flexibility index (Phi) is 25.9. The average Bonchev–Trinajstić information content (AvgIpc) is 3.17. The van der Waals surface area contributed by atoms with Gasteiger partial charge in [-0.05, 0) is 31.4 Å². The molecule has 1 aromatic heterocycles. The van der Waals surface area contributed by atoms with Crippen LogP contribution in [-0.2, 0) is 41.9 Å². The number of nitrogens with zero attached hydrogens (tertiary/aromatic N) is 4. The minimum atomic E-state index is -1.60. The predicted octanol–water partition coefficient (Wildman–Crippen LogP) is -8.19. The Hall–Kier alpha value is -3.07. The number of hydrogen-bond acceptors (Lipinski definition) is 18. The molecular formula is C35H54GdN7O15. The van der Waals surface area contributed by atoms with Crippen LogP contribution < -0.4 is 31.3 Å². The average molecular weight is 970 g/mol. The fraction of sp³-hybridized carbons (Fsp3) is 0.686. The zero-order chi connectivity index (χ0) is 42.5. The van der Waals surface area contributed by atoms with Crippen molar-refractivity contribution < 1.29 is 115 Å². The third-order valence-corrected chi connectivity index (χ3v) is 9.25.